The summed E-state index contributed by atoms with van der Waals surface area (Å²) in [5.41, 5.74) is 5.47. The maximum atomic E-state index is 3.35. The van der Waals surface area contributed by atoms with Crippen LogP contribution in [0, 0.1) is 6.92 Å². The molecule has 1 aromatic carbocycles. The Hall–Kier alpha value is -0.820. The number of likely N-dealkylation sites (N-methyl/N-ethyl adjacent to an activating group) is 1. The summed E-state index contributed by atoms with van der Waals surface area (Å²) in [5.74, 6) is 0.742. The smallest absolute Gasteiger partial charge is 0.00172 e. The van der Waals surface area contributed by atoms with Crippen LogP contribution in [0.1, 0.15) is 48.3 Å². The molecule has 1 heteroatoms. The quantitative estimate of drug-likeness (QED) is 0.799. The molecule has 0 bridgehead atoms. The average molecular weight is 215 g/mol. The minimum absolute atomic E-state index is 0.602. The lowest BCUT2D eigenvalue weighted by molar-refractivity contribution is 0.457. The topological polar surface area (TPSA) is 12.0 Å². The lowest BCUT2D eigenvalue weighted by Gasteiger charge is -2.33. The van der Waals surface area contributed by atoms with E-state index in [0.717, 1.165) is 12.5 Å². The highest BCUT2D eigenvalue weighted by Crippen LogP contribution is 2.58. The van der Waals surface area contributed by atoms with Crippen molar-refractivity contribution in [2.45, 2.75) is 43.9 Å². The Kier molecular flexibility index (Phi) is 2.32. The SMILES string of the molecule is CNCC1CCC2(CC2)c2c(C)cccc21. The van der Waals surface area contributed by atoms with Gasteiger partial charge < -0.3 is 5.32 Å². The molecule has 1 spiro atoms. The van der Waals surface area contributed by atoms with Crippen LogP contribution < -0.4 is 5.32 Å². The molecule has 1 N–H and O–H groups in total. The molecule has 1 unspecified atom stereocenters. The fourth-order valence-corrected chi connectivity index (χ4v) is 3.60. The summed E-state index contributed by atoms with van der Waals surface area (Å²) in [6.45, 7) is 3.42. The fourth-order valence-electron chi connectivity index (χ4n) is 3.60. The van der Waals surface area contributed by atoms with E-state index < -0.39 is 0 Å². The van der Waals surface area contributed by atoms with Crippen molar-refractivity contribution in [2.24, 2.45) is 0 Å². The molecule has 0 heterocycles. The maximum Gasteiger partial charge on any atom is 0.00172 e. The first kappa shape index (κ1) is 10.3. The minimum atomic E-state index is 0.602. The summed E-state index contributed by atoms with van der Waals surface area (Å²) in [6, 6.07) is 6.89. The monoisotopic (exact) mass is 215 g/mol. The zero-order valence-electron chi connectivity index (χ0n) is 10.3. The molecule has 1 nitrogen and oxygen atoms in total. The summed E-state index contributed by atoms with van der Waals surface area (Å²) in [6.07, 6.45) is 5.64. The van der Waals surface area contributed by atoms with Gasteiger partial charge in [0.1, 0.15) is 0 Å². The van der Waals surface area contributed by atoms with E-state index >= 15 is 0 Å². The van der Waals surface area contributed by atoms with Crippen molar-refractivity contribution in [1.82, 2.24) is 5.32 Å². The fraction of sp³-hybridized carbons (Fsp3) is 0.600. The molecule has 1 atom stereocenters. The van der Waals surface area contributed by atoms with E-state index in [9.17, 15) is 0 Å². The molecule has 3 rings (SSSR count). The van der Waals surface area contributed by atoms with Gasteiger partial charge in [-0.3, -0.25) is 0 Å². The first-order valence-electron chi connectivity index (χ1n) is 6.51. The molecule has 1 fully saturated rings. The van der Waals surface area contributed by atoms with Gasteiger partial charge in [0.2, 0.25) is 0 Å². The first-order chi connectivity index (χ1) is 7.77. The Bertz CT molecular complexity index is 404. The summed E-state index contributed by atoms with van der Waals surface area (Å²) in [4.78, 5) is 0. The average Bonchev–Trinajstić information content (AvgIpc) is 3.04. The molecule has 2 aliphatic carbocycles. The van der Waals surface area contributed by atoms with Crippen LogP contribution in [-0.4, -0.2) is 13.6 Å². The molecular formula is C15H21N. The molecular weight excluding hydrogens is 194 g/mol. The third-order valence-corrected chi connectivity index (χ3v) is 4.55. The van der Waals surface area contributed by atoms with Gasteiger partial charge in [-0.25, -0.2) is 0 Å². The predicted octanol–water partition coefficient (Wildman–Crippen LogP) is 3.12. The largest absolute Gasteiger partial charge is 0.319 e. The third-order valence-electron chi connectivity index (χ3n) is 4.55. The van der Waals surface area contributed by atoms with E-state index in [2.05, 4.69) is 37.5 Å². The number of hydrogen-bond donors (Lipinski definition) is 1. The van der Waals surface area contributed by atoms with Crippen LogP contribution in [-0.2, 0) is 5.41 Å². The van der Waals surface area contributed by atoms with Crippen molar-refractivity contribution in [2.75, 3.05) is 13.6 Å². The highest BCUT2D eigenvalue weighted by molar-refractivity contribution is 5.47. The van der Waals surface area contributed by atoms with Crippen LogP contribution in [0.25, 0.3) is 0 Å². The van der Waals surface area contributed by atoms with Crippen LogP contribution in [0.15, 0.2) is 18.2 Å². The van der Waals surface area contributed by atoms with E-state index in [1.807, 2.05) is 0 Å². The van der Waals surface area contributed by atoms with E-state index in [4.69, 9.17) is 0 Å². The van der Waals surface area contributed by atoms with Crippen molar-refractivity contribution in [1.29, 1.82) is 0 Å². The van der Waals surface area contributed by atoms with Crippen LogP contribution in [0.2, 0.25) is 0 Å². The Morgan fingerprint density at radius 3 is 2.81 bits per heavy atom. The second-order valence-corrected chi connectivity index (χ2v) is 5.61. The van der Waals surface area contributed by atoms with Crippen molar-refractivity contribution < 1.29 is 0 Å². The number of rotatable bonds is 2. The zero-order chi connectivity index (χ0) is 11.2. The summed E-state index contributed by atoms with van der Waals surface area (Å²) in [7, 11) is 2.07. The maximum absolute atomic E-state index is 3.35. The number of aryl methyl sites for hydroxylation is 1. The normalized spacial score (nSPS) is 25.5. The van der Waals surface area contributed by atoms with Crippen LogP contribution in [0.3, 0.4) is 0 Å². The van der Waals surface area contributed by atoms with E-state index in [1.54, 1.807) is 11.1 Å². The summed E-state index contributed by atoms with van der Waals surface area (Å²) in [5, 5.41) is 3.35. The highest BCUT2D eigenvalue weighted by Gasteiger charge is 2.49. The van der Waals surface area contributed by atoms with Gasteiger partial charge in [0.25, 0.3) is 0 Å². The van der Waals surface area contributed by atoms with Crippen molar-refractivity contribution in [3.05, 3.63) is 34.9 Å². The van der Waals surface area contributed by atoms with Gasteiger partial charge in [0.15, 0.2) is 0 Å². The lowest BCUT2D eigenvalue weighted by atomic mass is 9.73. The number of nitrogens with one attached hydrogen (secondary N) is 1. The molecule has 0 radical (unpaired) electrons. The second-order valence-electron chi connectivity index (χ2n) is 5.61. The van der Waals surface area contributed by atoms with Gasteiger partial charge in [-0.1, -0.05) is 18.2 Å². The van der Waals surface area contributed by atoms with Crippen LogP contribution >= 0.6 is 0 Å². The molecule has 16 heavy (non-hydrogen) atoms. The second kappa shape index (κ2) is 3.59. The van der Waals surface area contributed by atoms with Crippen molar-refractivity contribution >= 4 is 0 Å². The van der Waals surface area contributed by atoms with Gasteiger partial charge in [0, 0.05) is 6.54 Å². The first-order valence-corrected chi connectivity index (χ1v) is 6.51. The van der Waals surface area contributed by atoms with Crippen molar-refractivity contribution in [3.63, 3.8) is 0 Å². The van der Waals surface area contributed by atoms with Gasteiger partial charge in [0.05, 0.1) is 0 Å². The standard InChI is InChI=1S/C15H21N/c1-11-4-3-5-13-12(10-16-2)6-7-15(8-9-15)14(11)13/h3-5,12,16H,6-10H2,1-2H3. The number of hydrogen-bond acceptors (Lipinski definition) is 1. The third kappa shape index (κ3) is 1.41. The van der Waals surface area contributed by atoms with Gasteiger partial charge in [-0.15, -0.1) is 0 Å². The minimum Gasteiger partial charge on any atom is -0.319 e. The lowest BCUT2D eigenvalue weighted by Crippen LogP contribution is -2.26. The van der Waals surface area contributed by atoms with Gasteiger partial charge in [-0.2, -0.15) is 0 Å². The van der Waals surface area contributed by atoms with Crippen LogP contribution in [0.4, 0.5) is 0 Å². The Balaban J connectivity index is 2.07. The van der Waals surface area contributed by atoms with Crippen molar-refractivity contribution in [3.8, 4) is 0 Å². The number of fused-ring (bicyclic) bond motifs is 2. The molecule has 1 aromatic rings. The highest BCUT2D eigenvalue weighted by atomic mass is 14.8. The Labute approximate surface area is 98.3 Å². The van der Waals surface area contributed by atoms with Crippen LogP contribution in [0.5, 0.6) is 0 Å². The van der Waals surface area contributed by atoms with E-state index in [0.29, 0.717) is 5.41 Å². The Morgan fingerprint density at radius 2 is 2.12 bits per heavy atom. The Morgan fingerprint density at radius 1 is 1.31 bits per heavy atom. The predicted molar refractivity (Wildman–Crippen MR) is 68.0 cm³/mol. The molecule has 0 amide bonds. The zero-order valence-corrected chi connectivity index (χ0v) is 10.3. The van der Waals surface area contributed by atoms with Gasteiger partial charge in [-0.05, 0) is 67.7 Å². The number of benzene rings is 1. The molecule has 86 valence electrons. The molecule has 1 saturated carbocycles. The van der Waals surface area contributed by atoms with Gasteiger partial charge >= 0.3 is 0 Å². The molecule has 0 saturated heterocycles. The summed E-state index contributed by atoms with van der Waals surface area (Å²) < 4.78 is 0. The summed E-state index contributed by atoms with van der Waals surface area (Å²) >= 11 is 0. The van der Waals surface area contributed by atoms with E-state index in [-0.39, 0.29) is 0 Å². The molecule has 2 aliphatic rings. The molecule has 0 aromatic heterocycles. The molecule has 0 aliphatic heterocycles. The van der Waals surface area contributed by atoms with E-state index in [1.165, 1.54) is 31.2 Å².